The normalized spacial score (nSPS) is 11.4. The first kappa shape index (κ1) is 16.4. The minimum absolute atomic E-state index is 0.00908. The van der Waals surface area contributed by atoms with Crippen LogP contribution in [0.1, 0.15) is 10.4 Å². The number of furan rings is 1. The molecule has 24 heavy (non-hydrogen) atoms. The standard InChI is InChI=1S/C16H12ClNO5S/c1-22-16(19)12-7-6-11(17)9-13(12)18-24(20,21)15-8-10-4-2-3-5-14(10)23-15/h2-9,18H,1H3. The van der Waals surface area contributed by atoms with Gasteiger partial charge in [0.2, 0.25) is 5.09 Å². The van der Waals surface area contributed by atoms with Gasteiger partial charge in [-0.25, -0.2) is 4.79 Å². The predicted octanol–water partition coefficient (Wildman–Crippen LogP) is 3.67. The Balaban J connectivity index is 2.03. The zero-order valence-electron chi connectivity index (χ0n) is 12.4. The molecule has 1 aromatic heterocycles. The lowest BCUT2D eigenvalue weighted by Gasteiger charge is -2.10. The van der Waals surface area contributed by atoms with E-state index in [1.54, 1.807) is 24.3 Å². The Morgan fingerprint density at radius 3 is 2.62 bits per heavy atom. The minimum atomic E-state index is -4.04. The number of carbonyl (C=O) groups excluding carboxylic acids is 1. The molecule has 0 fully saturated rings. The quantitative estimate of drug-likeness (QED) is 0.713. The van der Waals surface area contributed by atoms with Gasteiger partial charge in [0.05, 0.1) is 18.4 Å². The summed E-state index contributed by atoms with van der Waals surface area (Å²) in [6, 6.07) is 12.5. The van der Waals surface area contributed by atoms with Crippen molar-refractivity contribution in [1.82, 2.24) is 0 Å². The van der Waals surface area contributed by atoms with Crippen molar-refractivity contribution in [2.75, 3.05) is 11.8 Å². The molecular weight excluding hydrogens is 354 g/mol. The van der Waals surface area contributed by atoms with Crippen LogP contribution in [0, 0.1) is 0 Å². The summed E-state index contributed by atoms with van der Waals surface area (Å²) < 4.78 is 37.4. The van der Waals surface area contributed by atoms with Crippen molar-refractivity contribution in [2.24, 2.45) is 0 Å². The molecule has 0 saturated carbocycles. The second-order valence-corrected chi connectivity index (χ2v) is 6.94. The smallest absolute Gasteiger partial charge is 0.339 e. The Labute approximate surface area is 143 Å². The molecule has 0 unspecified atom stereocenters. The van der Waals surface area contributed by atoms with Crippen molar-refractivity contribution in [2.45, 2.75) is 5.09 Å². The minimum Gasteiger partial charge on any atom is -0.465 e. The number of anilines is 1. The third-order valence-electron chi connectivity index (χ3n) is 3.30. The number of halogens is 1. The van der Waals surface area contributed by atoms with Crippen LogP contribution in [0.5, 0.6) is 0 Å². The number of para-hydroxylation sites is 1. The lowest BCUT2D eigenvalue weighted by molar-refractivity contribution is 0.0602. The van der Waals surface area contributed by atoms with E-state index in [2.05, 4.69) is 9.46 Å². The van der Waals surface area contributed by atoms with Crippen molar-refractivity contribution in [3.05, 3.63) is 59.1 Å². The van der Waals surface area contributed by atoms with Crippen molar-refractivity contribution < 1.29 is 22.4 Å². The van der Waals surface area contributed by atoms with E-state index in [9.17, 15) is 13.2 Å². The second-order valence-electron chi connectivity index (χ2n) is 4.89. The van der Waals surface area contributed by atoms with Crippen LogP contribution >= 0.6 is 11.6 Å². The molecule has 3 rings (SSSR count). The summed E-state index contributed by atoms with van der Waals surface area (Å²) in [7, 11) is -2.84. The molecule has 0 aliphatic rings. The first-order valence-corrected chi connectivity index (χ1v) is 8.66. The van der Waals surface area contributed by atoms with Gasteiger partial charge >= 0.3 is 5.97 Å². The Kier molecular flexibility index (Phi) is 4.21. The number of rotatable bonds is 4. The molecule has 8 heteroatoms. The average Bonchev–Trinajstić information content (AvgIpc) is 2.99. The summed E-state index contributed by atoms with van der Waals surface area (Å²) in [5, 5.41) is 0.654. The van der Waals surface area contributed by atoms with Gasteiger partial charge in [-0.1, -0.05) is 29.8 Å². The van der Waals surface area contributed by atoms with Crippen LogP contribution in [0.4, 0.5) is 5.69 Å². The molecule has 0 spiro atoms. The van der Waals surface area contributed by atoms with Crippen LogP contribution in [0.15, 0.2) is 58.0 Å². The van der Waals surface area contributed by atoms with E-state index in [4.69, 9.17) is 16.0 Å². The number of fused-ring (bicyclic) bond motifs is 1. The lowest BCUT2D eigenvalue weighted by Crippen LogP contribution is -2.15. The number of hydrogen-bond donors (Lipinski definition) is 1. The number of methoxy groups -OCH3 is 1. The first-order chi connectivity index (χ1) is 11.4. The molecule has 0 radical (unpaired) electrons. The molecule has 0 bridgehead atoms. The number of nitrogens with one attached hydrogen (secondary N) is 1. The largest absolute Gasteiger partial charge is 0.465 e. The molecule has 1 N–H and O–H groups in total. The summed E-state index contributed by atoms with van der Waals surface area (Å²) in [5.74, 6) is -0.686. The van der Waals surface area contributed by atoms with Gasteiger partial charge in [-0.3, -0.25) is 4.72 Å². The van der Waals surface area contributed by atoms with E-state index in [1.807, 2.05) is 0 Å². The lowest BCUT2D eigenvalue weighted by atomic mass is 10.2. The van der Waals surface area contributed by atoms with Crippen molar-refractivity contribution in [1.29, 1.82) is 0 Å². The van der Waals surface area contributed by atoms with Gasteiger partial charge in [-0.05, 0) is 24.3 Å². The summed E-state index contributed by atoms with van der Waals surface area (Å²) in [4.78, 5) is 11.8. The highest BCUT2D eigenvalue weighted by atomic mass is 35.5. The highest BCUT2D eigenvalue weighted by Crippen LogP contribution is 2.27. The molecule has 124 valence electrons. The van der Waals surface area contributed by atoms with Gasteiger partial charge in [0.1, 0.15) is 5.58 Å². The first-order valence-electron chi connectivity index (χ1n) is 6.80. The van der Waals surface area contributed by atoms with Crippen molar-refractivity contribution in [3.8, 4) is 0 Å². The summed E-state index contributed by atoms with van der Waals surface area (Å²) in [6.45, 7) is 0. The SMILES string of the molecule is COC(=O)c1ccc(Cl)cc1NS(=O)(=O)c1cc2ccccc2o1. The fraction of sp³-hybridized carbons (Fsp3) is 0.0625. The van der Waals surface area contributed by atoms with Crippen molar-refractivity contribution >= 4 is 44.3 Å². The van der Waals surface area contributed by atoms with Crippen LogP contribution in [-0.4, -0.2) is 21.5 Å². The Hall–Kier alpha value is -2.51. The van der Waals surface area contributed by atoms with Gasteiger partial charge in [0.15, 0.2) is 0 Å². The Morgan fingerprint density at radius 2 is 1.92 bits per heavy atom. The fourth-order valence-corrected chi connectivity index (χ4v) is 3.39. The van der Waals surface area contributed by atoms with Crippen LogP contribution in [0.25, 0.3) is 11.0 Å². The molecule has 0 atom stereocenters. The molecule has 2 aromatic carbocycles. The zero-order valence-corrected chi connectivity index (χ0v) is 14.0. The van der Waals surface area contributed by atoms with Gasteiger partial charge in [0, 0.05) is 16.5 Å². The Bertz CT molecular complexity index is 993. The number of benzene rings is 2. The van der Waals surface area contributed by atoms with Gasteiger partial charge in [-0.15, -0.1) is 0 Å². The molecule has 6 nitrogen and oxygen atoms in total. The van der Waals surface area contributed by atoms with Crippen LogP contribution in [0.3, 0.4) is 0 Å². The third-order valence-corrected chi connectivity index (χ3v) is 4.75. The number of ether oxygens (including phenoxy) is 1. The van der Waals surface area contributed by atoms with Gasteiger partial charge < -0.3 is 9.15 Å². The van der Waals surface area contributed by atoms with Crippen LogP contribution in [-0.2, 0) is 14.8 Å². The molecular formula is C16H12ClNO5S. The van der Waals surface area contributed by atoms with E-state index >= 15 is 0 Å². The molecule has 1 heterocycles. The van der Waals surface area contributed by atoms with Gasteiger partial charge in [-0.2, -0.15) is 8.42 Å². The van der Waals surface area contributed by atoms with Gasteiger partial charge in [0.25, 0.3) is 10.0 Å². The molecule has 0 aliphatic heterocycles. The topological polar surface area (TPSA) is 85.6 Å². The summed E-state index contributed by atoms with van der Waals surface area (Å²) in [6.07, 6.45) is 0. The molecule has 0 aliphatic carbocycles. The predicted molar refractivity (Wildman–Crippen MR) is 89.8 cm³/mol. The molecule has 0 amide bonds. The zero-order chi connectivity index (χ0) is 17.3. The number of esters is 1. The molecule has 3 aromatic rings. The van der Waals surface area contributed by atoms with E-state index < -0.39 is 16.0 Å². The Morgan fingerprint density at radius 1 is 1.17 bits per heavy atom. The maximum absolute atomic E-state index is 12.5. The van der Waals surface area contributed by atoms with Crippen molar-refractivity contribution in [3.63, 3.8) is 0 Å². The van der Waals surface area contributed by atoms with E-state index in [0.717, 1.165) is 0 Å². The highest BCUT2D eigenvalue weighted by molar-refractivity contribution is 7.92. The summed E-state index contributed by atoms with van der Waals surface area (Å²) >= 11 is 5.89. The molecule has 0 saturated heterocycles. The monoisotopic (exact) mass is 365 g/mol. The van der Waals surface area contributed by atoms with E-state index in [0.29, 0.717) is 11.0 Å². The van der Waals surface area contributed by atoms with Crippen LogP contribution < -0.4 is 4.72 Å². The van der Waals surface area contributed by atoms with Crippen LogP contribution in [0.2, 0.25) is 5.02 Å². The maximum atomic E-state index is 12.5. The number of carbonyl (C=O) groups is 1. The van der Waals surface area contributed by atoms with E-state index in [-0.39, 0.29) is 21.4 Å². The number of hydrogen-bond acceptors (Lipinski definition) is 5. The average molecular weight is 366 g/mol. The highest BCUT2D eigenvalue weighted by Gasteiger charge is 2.23. The number of sulfonamides is 1. The maximum Gasteiger partial charge on any atom is 0.339 e. The third kappa shape index (κ3) is 3.08. The second kappa shape index (κ2) is 6.18. The fourth-order valence-electron chi connectivity index (χ4n) is 2.17. The summed E-state index contributed by atoms with van der Waals surface area (Å²) in [5.41, 5.74) is 0.494. The van der Waals surface area contributed by atoms with E-state index in [1.165, 1.54) is 31.4 Å².